The van der Waals surface area contributed by atoms with Gasteiger partial charge in [0.2, 0.25) is 0 Å². The molecule has 0 radical (unpaired) electrons. The molecule has 0 aromatic rings. The molecule has 1 saturated heterocycles. The largest absolute Gasteiger partial charge is 0.467 e. The van der Waals surface area contributed by atoms with E-state index in [1.165, 1.54) is 7.11 Å². The number of piperidine rings is 1. The van der Waals surface area contributed by atoms with Crippen LogP contribution in [-0.4, -0.2) is 78.5 Å². The van der Waals surface area contributed by atoms with Gasteiger partial charge in [0.15, 0.2) is 0 Å². The second kappa shape index (κ2) is 13.0. The Kier molecular flexibility index (Phi) is 11.3. The molecule has 0 saturated carbocycles. The first-order valence-electron chi connectivity index (χ1n) is 7.45. The van der Waals surface area contributed by atoms with Crippen LogP contribution in [0.15, 0.2) is 0 Å². The zero-order chi connectivity index (χ0) is 15.2. The molecule has 0 atom stereocenters. The Bertz CT molecular complexity index is 258. The number of nitrogens with one attached hydrogen (secondary N) is 1. The topological polar surface area (TPSA) is 75.3 Å². The molecule has 0 aromatic carbocycles. The van der Waals surface area contributed by atoms with Crippen molar-refractivity contribution in [2.24, 2.45) is 0 Å². The van der Waals surface area contributed by atoms with Gasteiger partial charge in [0.1, 0.15) is 6.61 Å². The average molecular weight is 305 g/mol. The molecule has 1 N–H and O–H groups in total. The van der Waals surface area contributed by atoms with Crippen molar-refractivity contribution in [3.05, 3.63) is 0 Å². The van der Waals surface area contributed by atoms with Gasteiger partial charge in [-0.1, -0.05) is 0 Å². The van der Waals surface area contributed by atoms with Crippen LogP contribution in [0, 0.1) is 0 Å². The third kappa shape index (κ3) is 10.6. The number of hydrogen-bond acceptors (Lipinski definition) is 7. The maximum Gasteiger partial charge on any atom is 0.331 e. The molecule has 0 spiro atoms. The van der Waals surface area contributed by atoms with E-state index in [0.717, 1.165) is 25.9 Å². The second-order valence-corrected chi connectivity index (χ2v) is 4.67. The molecular formula is C14H27NO6. The molecule has 0 aromatic heterocycles. The average Bonchev–Trinajstić information content (AvgIpc) is 2.53. The number of rotatable bonds is 12. The SMILES string of the molecule is COC(=O)COCCOCCOCCOC1CCNCC1. The predicted molar refractivity (Wildman–Crippen MR) is 76.3 cm³/mol. The van der Waals surface area contributed by atoms with Crippen LogP contribution in [0.25, 0.3) is 0 Å². The van der Waals surface area contributed by atoms with Gasteiger partial charge in [-0.25, -0.2) is 4.79 Å². The molecule has 124 valence electrons. The maximum absolute atomic E-state index is 10.7. The molecule has 7 heteroatoms. The fourth-order valence-corrected chi connectivity index (χ4v) is 1.89. The molecule has 0 bridgehead atoms. The fourth-order valence-electron chi connectivity index (χ4n) is 1.89. The fraction of sp³-hybridized carbons (Fsp3) is 0.929. The van der Waals surface area contributed by atoms with E-state index in [0.29, 0.717) is 45.7 Å². The molecule has 1 heterocycles. The highest BCUT2D eigenvalue weighted by Gasteiger charge is 2.12. The molecule has 0 amide bonds. The summed E-state index contributed by atoms with van der Waals surface area (Å²) >= 11 is 0. The van der Waals surface area contributed by atoms with Crippen molar-refractivity contribution < 1.29 is 28.5 Å². The molecule has 7 nitrogen and oxygen atoms in total. The monoisotopic (exact) mass is 305 g/mol. The van der Waals surface area contributed by atoms with E-state index in [2.05, 4.69) is 10.1 Å². The Morgan fingerprint density at radius 2 is 1.52 bits per heavy atom. The van der Waals surface area contributed by atoms with Gasteiger partial charge >= 0.3 is 5.97 Å². The lowest BCUT2D eigenvalue weighted by Gasteiger charge is -2.22. The van der Waals surface area contributed by atoms with Crippen molar-refractivity contribution in [1.29, 1.82) is 0 Å². The summed E-state index contributed by atoms with van der Waals surface area (Å²) in [6.45, 7) is 5.11. The lowest BCUT2D eigenvalue weighted by molar-refractivity contribution is -0.146. The normalized spacial score (nSPS) is 16.0. The summed E-state index contributed by atoms with van der Waals surface area (Å²) in [7, 11) is 1.33. The van der Waals surface area contributed by atoms with E-state index >= 15 is 0 Å². The van der Waals surface area contributed by atoms with Gasteiger partial charge in [-0.3, -0.25) is 0 Å². The lowest BCUT2D eigenvalue weighted by atomic mass is 10.1. The predicted octanol–water partition coefficient (Wildman–Crippen LogP) is -0.0222. The van der Waals surface area contributed by atoms with Crippen molar-refractivity contribution in [3.8, 4) is 0 Å². The van der Waals surface area contributed by atoms with E-state index in [1.54, 1.807) is 0 Å². The molecule has 1 rings (SSSR count). The number of hydrogen-bond donors (Lipinski definition) is 1. The number of ether oxygens (including phenoxy) is 5. The van der Waals surface area contributed by atoms with E-state index in [1.807, 2.05) is 0 Å². The first-order valence-corrected chi connectivity index (χ1v) is 7.45. The smallest absolute Gasteiger partial charge is 0.331 e. The summed E-state index contributed by atoms with van der Waals surface area (Å²) in [4.78, 5) is 10.7. The third-order valence-corrected chi connectivity index (χ3v) is 3.06. The highest BCUT2D eigenvalue weighted by molar-refractivity contribution is 5.70. The summed E-state index contributed by atoms with van der Waals surface area (Å²) < 4.78 is 25.9. The number of methoxy groups -OCH3 is 1. The Hall–Kier alpha value is -0.730. The Labute approximate surface area is 126 Å². The molecule has 21 heavy (non-hydrogen) atoms. The summed E-state index contributed by atoms with van der Waals surface area (Å²) in [5.74, 6) is -0.382. The Morgan fingerprint density at radius 3 is 2.14 bits per heavy atom. The highest BCUT2D eigenvalue weighted by atomic mass is 16.6. The van der Waals surface area contributed by atoms with Crippen molar-refractivity contribution in [2.75, 3.05) is 66.4 Å². The van der Waals surface area contributed by atoms with Crippen molar-refractivity contribution in [1.82, 2.24) is 5.32 Å². The van der Waals surface area contributed by atoms with Gasteiger partial charge in [-0.15, -0.1) is 0 Å². The first kappa shape index (κ1) is 18.3. The van der Waals surface area contributed by atoms with Gasteiger partial charge in [0.05, 0.1) is 52.9 Å². The number of carbonyl (C=O) groups is 1. The van der Waals surface area contributed by atoms with E-state index < -0.39 is 0 Å². The van der Waals surface area contributed by atoms with Gasteiger partial charge in [0, 0.05) is 0 Å². The Balaban J connectivity index is 1.73. The van der Waals surface area contributed by atoms with Gasteiger partial charge in [-0.2, -0.15) is 0 Å². The van der Waals surface area contributed by atoms with Crippen LogP contribution in [0.1, 0.15) is 12.8 Å². The molecule has 0 unspecified atom stereocenters. The van der Waals surface area contributed by atoms with E-state index in [4.69, 9.17) is 18.9 Å². The standard InChI is InChI=1S/C14H27NO6/c1-17-14(16)12-20-9-8-18-6-7-19-10-11-21-13-2-4-15-5-3-13/h13,15H,2-12H2,1H3. The Morgan fingerprint density at radius 1 is 0.952 bits per heavy atom. The van der Waals surface area contributed by atoms with Crippen molar-refractivity contribution in [3.63, 3.8) is 0 Å². The van der Waals surface area contributed by atoms with Crippen LogP contribution in [0.4, 0.5) is 0 Å². The van der Waals surface area contributed by atoms with Gasteiger partial charge < -0.3 is 29.0 Å². The van der Waals surface area contributed by atoms with Gasteiger partial charge in [0.25, 0.3) is 0 Å². The minimum atomic E-state index is -0.382. The lowest BCUT2D eigenvalue weighted by Crippen LogP contribution is -2.33. The maximum atomic E-state index is 10.7. The van der Waals surface area contributed by atoms with E-state index in [-0.39, 0.29) is 12.6 Å². The number of carbonyl (C=O) groups excluding carboxylic acids is 1. The van der Waals surface area contributed by atoms with Gasteiger partial charge in [-0.05, 0) is 25.9 Å². The quantitative estimate of drug-likeness (QED) is 0.401. The summed E-state index contributed by atoms with van der Waals surface area (Å²) in [5, 5.41) is 3.30. The van der Waals surface area contributed by atoms with Crippen LogP contribution in [0.3, 0.4) is 0 Å². The number of esters is 1. The highest BCUT2D eigenvalue weighted by Crippen LogP contribution is 2.06. The van der Waals surface area contributed by atoms with Crippen LogP contribution < -0.4 is 5.32 Å². The minimum absolute atomic E-state index is 0.0373. The van der Waals surface area contributed by atoms with E-state index in [9.17, 15) is 4.79 Å². The second-order valence-electron chi connectivity index (χ2n) is 4.67. The molecule has 1 aliphatic heterocycles. The minimum Gasteiger partial charge on any atom is -0.467 e. The van der Waals surface area contributed by atoms with Crippen LogP contribution >= 0.6 is 0 Å². The van der Waals surface area contributed by atoms with Crippen molar-refractivity contribution >= 4 is 5.97 Å². The molecule has 0 aliphatic carbocycles. The first-order chi connectivity index (χ1) is 10.3. The zero-order valence-corrected chi connectivity index (χ0v) is 12.8. The molecule has 1 aliphatic rings. The third-order valence-electron chi connectivity index (χ3n) is 3.06. The molecular weight excluding hydrogens is 278 g/mol. The zero-order valence-electron chi connectivity index (χ0n) is 12.8. The molecule has 1 fully saturated rings. The van der Waals surface area contributed by atoms with Crippen LogP contribution in [-0.2, 0) is 28.5 Å². The summed E-state index contributed by atoms with van der Waals surface area (Å²) in [6.07, 6.45) is 2.53. The van der Waals surface area contributed by atoms with Crippen molar-refractivity contribution in [2.45, 2.75) is 18.9 Å². The van der Waals surface area contributed by atoms with Crippen LogP contribution in [0.5, 0.6) is 0 Å². The van der Waals surface area contributed by atoms with Crippen LogP contribution in [0.2, 0.25) is 0 Å². The summed E-state index contributed by atoms with van der Waals surface area (Å²) in [6, 6.07) is 0. The summed E-state index contributed by atoms with van der Waals surface area (Å²) in [5.41, 5.74) is 0.